The van der Waals surface area contributed by atoms with Gasteiger partial charge < -0.3 is 5.11 Å². The number of hydrogen-bond acceptors (Lipinski definition) is 3. The summed E-state index contributed by atoms with van der Waals surface area (Å²) in [6, 6.07) is 16.8. The molecule has 1 aromatic heterocycles. The molecule has 3 rings (SSSR count). The second kappa shape index (κ2) is 6.18. The van der Waals surface area contributed by atoms with E-state index >= 15 is 0 Å². The standard InChI is InChI=1S/C18H14N2O2/c21-18(22)15-8-4-5-13(9-15)10-17-19-11-16(12-20-17)14-6-2-1-3-7-14/h1-9,11-12H,10H2,(H,21,22). The number of carboxylic acid groups (broad SMARTS) is 1. The third-order valence-electron chi connectivity index (χ3n) is 3.35. The van der Waals surface area contributed by atoms with Gasteiger partial charge in [-0.3, -0.25) is 0 Å². The van der Waals surface area contributed by atoms with Crippen LogP contribution in [-0.4, -0.2) is 21.0 Å². The summed E-state index contributed by atoms with van der Waals surface area (Å²) < 4.78 is 0. The average molecular weight is 290 g/mol. The summed E-state index contributed by atoms with van der Waals surface area (Å²) >= 11 is 0. The van der Waals surface area contributed by atoms with Crippen molar-refractivity contribution in [1.29, 1.82) is 0 Å². The van der Waals surface area contributed by atoms with Gasteiger partial charge in [-0.05, 0) is 23.3 Å². The van der Waals surface area contributed by atoms with E-state index < -0.39 is 5.97 Å². The molecule has 0 saturated heterocycles. The number of hydrogen-bond donors (Lipinski definition) is 1. The van der Waals surface area contributed by atoms with E-state index in [1.165, 1.54) is 0 Å². The van der Waals surface area contributed by atoms with Gasteiger partial charge in [0.1, 0.15) is 5.82 Å². The molecule has 108 valence electrons. The molecule has 1 heterocycles. The first kappa shape index (κ1) is 13.9. The normalized spacial score (nSPS) is 10.4. The van der Waals surface area contributed by atoms with Crippen molar-refractivity contribution < 1.29 is 9.90 Å². The highest BCUT2D eigenvalue weighted by Gasteiger charge is 2.05. The van der Waals surface area contributed by atoms with Crippen LogP contribution >= 0.6 is 0 Å². The van der Waals surface area contributed by atoms with Crippen LogP contribution in [0.1, 0.15) is 21.7 Å². The third kappa shape index (κ3) is 3.17. The molecule has 22 heavy (non-hydrogen) atoms. The molecule has 3 aromatic rings. The van der Waals surface area contributed by atoms with Gasteiger partial charge in [0, 0.05) is 24.4 Å². The van der Waals surface area contributed by atoms with Crippen molar-refractivity contribution in [1.82, 2.24) is 9.97 Å². The fraction of sp³-hybridized carbons (Fsp3) is 0.0556. The maximum atomic E-state index is 11.0. The Morgan fingerprint density at radius 2 is 1.64 bits per heavy atom. The van der Waals surface area contributed by atoms with Crippen LogP contribution in [0, 0.1) is 0 Å². The molecular formula is C18H14N2O2. The molecular weight excluding hydrogens is 276 g/mol. The van der Waals surface area contributed by atoms with Crippen molar-refractivity contribution in [2.45, 2.75) is 6.42 Å². The summed E-state index contributed by atoms with van der Waals surface area (Å²) in [5, 5.41) is 9.01. The van der Waals surface area contributed by atoms with E-state index in [0.29, 0.717) is 12.2 Å². The summed E-state index contributed by atoms with van der Waals surface area (Å²) in [7, 11) is 0. The lowest BCUT2D eigenvalue weighted by Crippen LogP contribution is -2.00. The molecule has 0 saturated carbocycles. The molecule has 0 aliphatic carbocycles. The van der Waals surface area contributed by atoms with Gasteiger partial charge in [-0.1, -0.05) is 42.5 Å². The van der Waals surface area contributed by atoms with Crippen molar-refractivity contribution in [3.8, 4) is 11.1 Å². The Morgan fingerprint density at radius 1 is 0.909 bits per heavy atom. The smallest absolute Gasteiger partial charge is 0.335 e. The van der Waals surface area contributed by atoms with Crippen molar-refractivity contribution in [3.05, 3.63) is 83.9 Å². The quantitative estimate of drug-likeness (QED) is 0.799. The number of nitrogens with zero attached hydrogens (tertiary/aromatic N) is 2. The minimum absolute atomic E-state index is 0.276. The SMILES string of the molecule is O=C(O)c1cccc(Cc2ncc(-c3ccccc3)cn2)c1. The van der Waals surface area contributed by atoms with E-state index in [1.807, 2.05) is 36.4 Å². The molecule has 0 radical (unpaired) electrons. The average Bonchev–Trinajstić information content (AvgIpc) is 2.56. The monoisotopic (exact) mass is 290 g/mol. The Labute approximate surface area is 128 Å². The minimum atomic E-state index is -0.929. The fourth-order valence-corrected chi connectivity index (χ4v) is 2.22. The first-order valence-corrected chi connectivity index (χ1v) is 6.91. The molecule has 0 aliphatic rings. The number of aromatic carboxylic acids is 1. The number of carboxylic acids is 1. The zero-order valence-corrected chi connectivity index (χ0v) is 11.8. The lowest BCUT2D eigenvalue weighted by Gasteiger charge is -2.04. The van der Waals surface area contributed by atoms with Crippen LogP contribution in [0.3, 0.4) is 0 Å². The molecule has 0 fully saturated rings. The Bertz CT molecular complexity index is 784. The van der Waals surface area contributed by atoms with E-state index in [1.54, 1.807) is 30.6 Å². The van der Waals surface area contributed by atoms with Crippen molar-refractivity contribution in [2.75, 3.05) is 0 Å². The lowest BCUT2D eigenvalue weighted by molar-refractivity contribution is 0.0696. The van der Waals surface area contributed by atoms with Gasteiger partial charge in [0.2, 0.25) is 0 Å². The van der Waals surface area contributed by atoms with Crippen LogP contribution in [0.25, 0.3) is 11.1 Å². The summed E-state index contributed by atoms with van der Waals surface area (Å²) in [5.74, 6) is -0.260. The summed E-state index contributed by atoms with van der Waals surface area (Å²) in [5.41, 5.74) is 3.19. The molecule has 0 amide bonds. The Hall–Kier alpha value is -3.01. The van der Waals surface area contributed by atoms with Gasteiger partial charge in [-0.25, -0.2) is 14.8 Å². The van der Waals surface area contributed by atoms with E-state index in [4.69, 9.17) is 5.11 Å². The highest BCUT2D eigenvalue weighted by molar-refractivity contribution is 5.87. The Kier molecular flexibility index (Phi) is 3.92. The maximum absolute atomic E-state index is 11.0. The molecule has 0 spiro atoms. The largest absolute Gasteiger partial charge is 0.478 e. The van der Waals surface area contributed by atoms with Gasteiger partial charge in [0.25, 0.3) is 0 Å². The van der Waals surface area contributed by atoms with Gasteiger partial charge in [-0.15, -0.1) is 0 Å². The zero-order chi connectivity index (χ0) is 15.4. The number of aromatic nitrogens is 2. The van der Waals surface area contributed by atoms with Gasteiger partial charge >= 0.3 is 5.97 Å². The van der Waals surface area contributed by atoms with Crippen LogP contribution in [0.4, 0.5) is 0 Å². The predicted molar refractivity (Wildman–Crippen MR) is 83.7 cm³/mol. The second-order valence-electron chi connectivity index (χ2n) is 4.94. The first-order chi connectivity index (χ1) is 10.7. The van der Waals surface area contributed by atoms with Gasteiger partial charge in [-0.2, -0.15) is 0 Å². The van der Waals surface area contributed by atoms with Crippen molar-refractivity contribution in [2.24, 2.45) is 0 Å². The van der Waals surface area contributed by atoms with Crippen LogP contribution < -0.4 is 0 Å². The van der Waals surface area contributed by atoms with E-state index in [9.17, 15) is 4.79 Å². The number of carbonyl (C=O) groups is 1. The molecule has 1 N–H and O–H groups in total. The number of benzene rings is 2. The van der Waals surface area contributed by atoms with Gasteiger partial charge in [0.05, 0.1) is 5.56 Å². The topological polar surface area (TPSA) is 63.1 Å². The summed E-state index contributed by atoms with van der Waals surface area (Å²) in [6.45, 7) is 0. The molecule has 4 heteroatoms. The van der Waals surface area contributed by atoms with E-state index in [0.717, 1.165) is 16.7 Å². The number of rotatable bonds is 4. The van der Waals surface area contributed by atoms with E-state index in [-0.39, 0.29) is 5.56 Å². The first-order valence-electron chi connectivity index (χ1n) is 6.91. The molecule has 0 aliphatic heterocycles. The van der Waals surface area contributed by atoms with Crippen LogP contribution in [0.5, 0.6) is 0 Å². The van der Waals surface area contributed by atoms with Crippen LogP contribution in [0.2, 0.25) is 0 Å². The highest BCUT2D eigenvalue weighted by atomic mass is 16.4. The molecule has 0 bridgehead atoms. The molecule has 2 aromatic carbocycles. The lowest BCUT2D eigenvalue weighted by atomic mass is 10.1. The molecule has 4 nitrogen and oxygen atoms in total. The Balaban J connectivity index is 1.79. The highest BCUT2D eigenvalue weighted by Crippen LogP contribution is 2.17. The minimum Gasteiger partial charge on any atom is -0.478 e. The maximum Gasteiger partial charge on any atom is 0.335 e. The van der Waals surface area contributed by atoms with Crippen LogP contribution in [0.15, 0.2) is 67.0 Å². The zero-order valence-electron chi connectivity index (χ0n) is 11.8. The van der Waals surface area contributed by atoms with Crippen molar-refractivity contribution >= 4 is 5.97 Å². The van der Waals surface area contributed by atoms with Crippen molar-refractivity contribution in [3.63, 3.8) is 0 Å². The second-order valence-corrected chi connectivity index (χ2v) is 4.94. The third-order valence-corrected chi connectivity index (χ3v) is 3.35. The summed E-state index contributed by atoms with van der Waals surface area (Å²) in [4.78, 5) is 19.7. The summed E-state index contributed by atoms with van der Waals surface area (Å²) in [6.07, 6.45) is 4.09. The predicted octanol–water partition coefficient (Wildman–Crippen LogP) is 3.43. The fourth-order valence-electron chi connectivity index (χ4n) is 2.22. The molecule has 0 unspecified atom stereocenters. The van der Waals surface area contributed by atoms with Gasteiger partial charge in [0.15, 0.2) is 0 Å². The Morgan fingerprint density at radius 3 is 2.32 bits per heavy atom. The van der Waals surface area contributed by atoms with E-state index in [2.05, 4.69) is 9.97 Å². The van der Waals surface area contributed by atoms with Crippen LogP contribution in [-0.2, 0) is 6.42 Å². The molecule has 0 atom stereocenters.